The van der Waals surface area contributed by atoms with Gasteiger partial charge in [-0.1, -0.05) is 6.92 Å². The van der Waals surface area contributed by atoms with E-state index in [2.05, 4.69) is 24.1 Å². The first kappa shape index (κ1) is 12.3. The van der Waals surface area contributed by atoms with Gasteiger partial charge in [0.25, 0.3) is 0 Å². The van der Waals surface area contributed by atoms with Crippen LogP contribution in [0, 0.1) is 13.8 Å². The average molecular weight is 250 g/mol. The highest BCUT2D eigenvalue weighted by atomic mass is 32.1. The van der Waals surface area contributed by atoms with E-state index in [1.165, 1.54) is 4.88 Å². The molecule has 0 aliphatic heterocycles. The Bertz CT molecular complexity index is 462. The summed E-state index contributed by atoms with van der Waals surface area (Å²) in [6.07, 6.45) is 2.83. The molecule has 17 heavy (non-hydrogen) atoms. The minimum Gasteiger partial charge on any atom is -0.467 e. The topological polar surface area (TPSA) is 38.1 Å². The van der Waals surface area contributed by atoms with Crippen molar-refractivity contribution in [3.63, 3.8) is 0 Å². The number of aryl methyl sites for hydroxylation is 2. The van der Waals surface area contributed by atoms with Gasteiger partial charge in [0.2, 0.25) is 0 Å². The van der Waals surface area contributed by atoms with Crippen molar-refractivity contribution < 1.29 is 4.42 Å². The zero-order chi connectivity index (χ0) is 12.3. The van der Waals surface area contributed by atoms with E-state index in [1.807, 2.05) is 19.1 Å². The predicted octanol–water partition coefficient (Wildman–Crippen LogP) is 3.44. The van der Waals surface area contributed by atoms with Crippen molar-refractivity contribution in [3.05, 3.63) is 39.7 Å². The summed E-state index contributed by atoms with van der Waals surface area (Å²) in [6.45, 7) is 7.24. The van der Waals surface area contributed by atoms with Crippen LogP contribution < -0.4 is 5.32 Å². The van der Waals surface area contributed by atoms with E-state index >= 15 is 0 Å². The van der Waals surface area contributed by atoms with Crippen LogP contribution in [0.2, 0.25) is 0 Å². The molecule has 0 aliphatic carbocycles. The van der Waals surface area contributed by atoms with Crippen molar-refractivity contribution in [1.82, 2.24) is 10.3 Å². The van der Waals surface area contributed by atoms with E-state index in [1.54, 1.807) is 17.6 Å². The Morgan fingerprint density at radius 2 is 2.29 bits per heavy atom. The number of thiazole rings is 1. The lowest BCUT2D eigenvalue weighted by atomic mass is 10.1. The summed E-state index contributed by atoms with van der Waals surface area (Å²) in [7, 11) is 0. The number of nitrogens with one attached hydrogen (secondary N) is 1. The molecule has 2 aromatic rings. The van der Waals surface area contributed by atoms with Gasteiger partial charge in [-0.15, -0.1) is 11.3 Å². The van der Waals surface area contributed by atoms with Crippen LogP contribution in [0.4, 0.5) is 0 Å². The fraction of sp³-hybridized carbons (Fsp3) is 0.462. The maximum absolute atomic E-state index is 5.53. The molecular formula is C13H18N2OS. The smallest absolute Gasteiger partial charge is 0.126 e. The normalized spacial score (nSPS) is 12.9. The molecule has 0 radical (unpaired) electrons. The third-order valence-corrected chi connectivity index (χ3v) is 3.77. The summed E-state index contributed by atoms with van der Waals surface area (Å²) in [5.74, 6) is 0.963. The molecule has 2 heterocycles. The number of furan rings is 1. The Labute approximate surface area is 106 Å². The summed E-state index contributed by atoms with van der Waals surface area (Å²) < 4.78 is 5.53. The van der Waals surface area contributed by atoms with Crippen molar-refractivity contribution in [3.8, 4) is 0 Å². The zero-order valence-electron chi connectivity index (χ0n) is 10.5. The summed E-state index contributed by atoms with van der Waals surface area (Å²) in [4.78, 5) is 5.74. The van der Waals surface area contributed by atoms with Crippen LogP contribution in [0.25, 0.3) is 0 Å². The first-order chi connectivity index (χ1) is 8.22. The van der Waals surface area contributed by atoms with E-state index < -0.39 is 0 Å². The van der Waals surface area contributed by atoms with Crippen molar-refractivity contribution in [2.75, 3.05) is 6.54 Å². The van der Waals surface area contributed by atoms with Gasteiger partial charge in [-0.2, -0.15) is 0 Å². The molecule has 1 atom stereocenters. The lowest BCUT2D eigenvalue weighted by Gasteiger charge is -2.15. The summed E-state index contributed by atoms with van der Waals surface area (Å²) in [5, 5.41) is 4.62. The summed E-state index contributed by atoms with van der Waals surface area (Å²) in [5.41, 5.74) is 1.09. The van der Waals surface area contributed by atoms with Crippen LogP contribution in [0.5, 0.6) is 0 Å². The molecule has 0 aliphatic rings. The van der Waals surface area contributed by atoms with Gasteiger partial charge in [0.15, 0.2) is 0 Å². The first-order valence-electron chi connectivity index (χ1n) is 5.93. The standard InChI is InChI=1S/C13H18N2OS/c1-4-7-14-12(11-6-5-8-16-11)13-9(2)15-10(3)17-13/h5-6,8,12,14H,4,7H2,1-3H3. The molecule has 0 saturated heterocycles. The molecule has 0 saturated carbocycles. The number of hydrogen-bond donors (Lipinski definition) is 1. The van der Waals surface area contributed by atoms with Crippen molar-refractivity contribution in [2.24, 2.45) is 0 Å². The SMILES string of the molecule is CCCNC(c1ccco1)c1sc(C)nc1C. The van der Waals surface area contributed by atoms with Gasteiger partial charge in [-0.25, -0.2) is 4.98 Å². The number of nitrogens with zero attached hydrogens (tertiary/aromatic N) is 1. The molecule has 2 aromatic heterocycles. The van der Waals surface area contributed by atoms with Gasteiger partial charge >= 0.3 is 0 Å². The van der Waals surface area contributed by atoms with Crippen molar-refractivity contribution in [2.45, 2.75) is 33.2 Å². The van der Waals surface area contributed by atoms with Gasteiger partial charge in [0.1, 0.15) is 11.8 Å². The zero-order valence-corrected chi connectivity index (χ0v) is 11.3. The highest BCUT2D eigenvalue weighted by Crippen LogP contribution is 2.30. The van der Waals surface area contributed by atoms with E-state index in [-0.39, 0.29) is 6.04 Å². The molecule has 2 rings (SSSR count). The van der Waals surface area contributed by atoms with Crippen LogP contribution in [0.1, 0.15) is 40.7 Å². The summed E-state index contributed by atoms with van der Waals surface area (Å²) >= 11 is 1.74. The molecule has 1 N–H and O–H groups in total. The molecule has 4 heteroatoms. The number of hydrogen-bond acceptors (Lipinski definition) is 4. The minimum atomic E-state index is 0.135. The van der Waals surface area contributed by atoms with Gasteiger partial charge in [0, 0.05) is 0 Å². The van der Waals surface area contributed by atoms with Crippen molar-refractivity contribution >= 4 is 11.3 Å². The largest absolute Gasteiger partial charge is 0.467 e. The maximum atomic E-state index is 5.53. The third kappa shape index (κ3) is 2.76. The first-order valence-corrected chi connectivity index (χ1v) is 6.74. The summed E-state index contributed by atoms with van der Waals surface area (Å²) in [6, 6.07) is 4.08. The molecule has 0 amide bonds. The Kier molecular flexibility index (Phi) is 3.97. The minimum absolute atomic E-state index is 0.135. The molecule has 1 unspecified atom stereocenters. The van der Waals surface area contributed by atoms with E-state index in [9.17, 15) is 0 Å². The van der Waals surface area contributed by atoms with Gasteiger partial charge < -0.3 is 9.73 Å². The van der Waals surface area contributed by atoms with Gasteiger partial charge in [-0.3, -0.25) is 0 Å². The quantitative estimate of drug-likeness (QED) is 0.883. The fourth-order valence-corrected chi connectivity index (χ4v) is 2.89. The second-order valence-electron chi connectivity index (χ2n) is 4.09. The number of rotatable bonds is 5. The second kappa shape index (κ2) is 5.47. The predicted molar refractivity (Wildman–Crippen MR) is 70.4 cm³/mol. The van der Waals surface area contributed by atoms with E-state index in [0.29, 0.717) is 0 Å². The fourth-order valence-electron chi connectivity index (χ4n) is 1.88. The number of aromatic nitrogens is 1. The molecular weight excluding hydrogens is 232 g/mol. The Morgan fingerprint density at radius 3 is 2.82 bits per heavy atom. The molecule has 0 aromatic carbocycles. The van der Waals surface area contributed by atoms with Crippen LogP contribution >= 0.6 is 11.3 Å². The lowest BCUT2D eigenvalue weighted by molar-refractivity contribution is 0.449. The second-order valence-corrected chi connectivity index (χ2v) is 5.32. The average Bonchev–Trinajstić information content (AvgIpc) is 2.90. The Balaban J connectivity index is 2.30. The lowest BCUT2D eigenvalue weighted by Crippen LogP contribution is -2.22. The molecule has 92 valence electrons. The molecule has 0 bridgehead atoms. The van der Waals surface area contributed by atoms with Gasteiger partial charge in [-0.05, 0) is 38.9 Å². The molecule has 0 fully saturated rings. The highest BCUT2D eigenvalue weighted by Gasteiger charge is 2.20. The van der Waals surface area contributed by atoms with E-state index in [4.69, 9.17) is 4.42 Å². The Morgan fingerprint density at radius 1 is 1.47 bits per heavy atom. The van der Waals surface area contributed by atoms with E-state index in [0.717, 1.165) is 29.4 Å². The van der Waals surface area contributed by atoms with Crippen LogP contribution in [-0.2, 0) is 0 Å². The monoisotopic (exact) mass is 250 g/mol. The van der Waals surface area contributed by atoms with Gasteiger partial charge in [0.05, 0.1) is 21.8 Å². The van der Waals surface area contributed by atoms with Crippen LogP contribution in [0.15, 0.2) is 22.8 Å². The Hall–Kier alpha value is -1.13. The highest BCUT2D eigenvalue weighted by molar-refractivity contribution is 7.11. The van der Waals surface area contributed by atoms with Crippen molar-refractivity contribution in [1.29, 1.82) is 0 Å². The maximum Gasteiger partial charge on any atom is 0.126 e. The molecule has 0 spiro atoms. The molecule has 3 nitrogen and oxygen atoms in total. The van der Waals surface area contributed by atoms with Crippen LogP contribution in [-0.4, -0.2) is 11.5 Å². The van der Waals surface area contributed by atoms with Crippen LogP contribution in [0.3, 0.4) is 0 Å². The third-order valence-electron chi connectivity index (χ3n) is 2.63.